The van der Waals surface area contributed by atoms with Gasteiger partial charge < -0.3 is 29.2 Å². The molecule has 1 aromatic carbocycles. The number of likely N-dealkylation sites (tertiary alicyclic amines) is 1. The smallest absolute Gasteiger partial charge is 0.270 e. The summed E-state index contributed by atoms with van der Waals surface area (Å²) in [5.41, 5.74) is 6.78. The van der Waals surface area contributed by atoms with Gasteiger partial charge in [-0.1, -0.05) is 25.3 Å². The van der Waals surface area contributed by atoms with Crippen LogP contribution in [0.25, 0.3) is 0 Å². The van der Waals surface area contributed by atoms with Crippen molar-refractivity contribution in [3.05, 3.63) is 45.8 Å². The molecule has 2 bridgehead atoms. The molecule has 3 aliphatic heterocycles. The van der Waals surface area contributed by atoms with Crippen LogP contribution < -0.4 is 9.47 Å². The summed E-state index contributed by atoms with van der Waals surface area (Å²) in [5.74, 6) is 2.69. The molecule has 6 aliphatic rings. The molecule has 1 spiro atoms. The van der Waals surface area contributed by atoms with Crippen LogP contribution in [0.2, 0.25) is 0 Å². The zero-order valence-electron chi connectivity index (χ0n) is 24.6. The topological polar surface area (TPSA) is 78.1 Å². The van der Waals surface area contributed by atoms with Gasteiger partial charge in [0, 0.05) is 49.1 Å². The molecule has 3 aliphatic carbocycles. The van der Waals surface area contributed by atoms with E-state index in [1.807, 2.05) is 9.80 Å². The largest absolute Gasteiger partial charge is 0.493 e. The molecule has 41 heavy (non-hydrogen) atoms. The molecule has 4 atom stereocenters. The van der Waals surface area contributed by atoms with Gasteiger partial charge >= 0.3 is 0 Å². The molecular formula is C33H42N4O4. The molecule has 3 fully saturated rings. The number of piperidine rings is 1. The number of piperazine rings is 1. The van der Waals surface area contributed by atoms with Crippen molar-refractivity contribution >= 4 is 11.8 Å². The van der Waals surface area contributed by atoms with Crippen LogP contribution in [-0.4, -0.2) is 84.4 Å². The van der Waals surface area contributed by atoms with Crippen molar-refractivity contribution in [1.82, 2.24) is 19.7 Å². The van der Waals surface area contributed by atoms with Gasteiger partial charge in [-0.2, -0.15) is 0 Å². The fraction of sp³-hybridized carbons (Fsp3) is 0.636. The number of rotatable bonds is 3. The summed E-state index contributed by atoms with van der Waals surface area (Å²) in [4.78, 5) is 37.2. The second-order valence-corrected chi connectivity index (χ2v) is 13.5. The number of hydrogen-bond donors (Lipinski definition) is 1. The summed E-state index contributed by atoms with van der Waals surface area (Å²) < 4.78 is 12.7. The SMILES string of the molecule is COc1ccc2c3c1O[C@H]1c4[nH]c(C(=O)N5CCN(C(=O)C6CCCCC6)CC5)c(C)c4CC4[C@@H](C2)N(C)CC[C@@]341. The van der Waals surface area contributed by atoms with Crippen molar-refractivity contribution in [3.8, 4) is 11.5 Å². The van der Waals surface area contributed by atoms with E-state index in [1.165, 1.54) is 23.1 Å². The molecule has 1 aromatic heterocycles. The van der Waals surface area contributed by atoms with Crippen LogP contribution in [0.3, 0.4) is 0 Å². The van der Waals surface area contributed by atoms with Crippen molar-refractivity contribution in [2.75, 3.05) is 46.9 Å². The average Bonchev–Trinajstić information content (AvgIpc) is 3.53. The van der Waals surface area contributed by atoms with Crippen LogP contribution in [0.15, 0.2) is 12.1 Å². The van der Waals surface area contributed by atoms with E-state index in [-0.39, 0.29) is 23.3 Å². The molecule has 4 heterocycles. The molecule has 218 valence electrons. The van der Waals surface area contributed by atoms with Crippen LogP contribution in [0.1, 0.15) is 83.1 Å². The van der Waals surface area contributed by atoms with Crippen molar-refractivity contribution in [2.45, 2.75) is 75.9 Å². The third kappa shape index (κ3) is 3.49. The van der Waals surface area contributed by atoms with Gasteiger partial charge in [-0.15, -0.1) is 0 Å². The van der Waals surface area contributed by atoms with Gasteiger partial charge in [0.05, 0.1) is 12.8 Å². The van der Waals surface area contributed by atoms with Crippen LogP contribution in [0.5, 0.6) is 11.5 Å². The number of H-pyrrole nitrogens is 1. The minimum Gasteiger partial charge on any atom is -0.493 e. The van der Waals surface area contributed by atoms with E-state index in [0.29, 0.717) is 49.7 Å². The Bertz CT molecular complexity index is 1420. The van der Waals surface area contributed by atoms with E-state index < -0.39 is 0 Å². The van der Waals surface area contributed by atoms with E-state index in [1.54, 1.807) is 7.11 Å². The number of carbonyl (C=O) groups excluding carboxylic acids is 2. The number of aromatic amines is 1. The van der Waals surface area contributed by atoms with Crippen LogP contribution in [0.4, 0.5) is 0 Å². The number of amides is 2. The number of methoxy groups -OCH3 is 1. The monoisotopic (exact) mass is 558 g/mol. The minimum absolute atomic E-state index is 0.0519. The first-order valence-corrected chi connectivity index (χ1v) is 15.8. The van der Waals surface area contributed by atoms with Crippen molar-refractivity contribution in [2.24, 2.45) is 11.8 Å². The molecule has 1 saturated carbocycles. The summed E-state index contributed by atoms with van der Waals surface area (Å²) in [5, 5.41) is 0. The third-order valence-electron chi connectivity index (χ3n) is 11.7. The first kappa shape index (κ1) is 25.7. The number of carbonyl (C=O) groups is 2. The predicted octanol–water partition coefficient (Wildman–Crippen LogP) is 4.00. The number of ether oxygens (including phenoxy) is 2. The van der Waals surface area contributed by atoms with Gasteiger partial charge in [-0.05, 0) is 81.3 Å². The average molecular weight is 559 g/mol. The van der Waals surface area contributed by atoms with E-state index in [2.05, 4.69) is 36.0 Å². The van der Waals surface area contributed by atoms with Gasteiger partial charge in [-0.3, -0.25) is 9.59 Å². The molecular weight excluding hydrogens is 516 g/mol. The Morgan fingerprint density at radius 2 is 1.78 bits per heavy atom. The fourth-order valence-electron chi connectivity index (χ4n) is 9.55. The van der Waals surface area contributed by atoms with E-state index in [0.717, 1.165) is 74.2 Å². The van der Waals surface area contributed by atoms with Gasteiger partial charge in [0.25, 0.3) is 5.91 Å². The lowest BCUT2D eigenvalue weighted by Crippen LogP contribution is -2.62. The van der Waals surface area contributed by atoms with Crippen molar-refractivity contribution in [1.29, 1.82) is 0 Å². The normalized spacial score (nSPS) is 30.5. The van der Waals surface area contributed by atoms with Gasteiger partial charge in [0.1, 0.15) is 11.8 Å². The summed E-state index contributed by atoms with van der Waals surface area (Å²) in [6, 6.07) is 4.77. The second kappa shape index (κ2) is 9.25. The molecule has 8 rings (SSSR count). The van der Waals surface area contributed by atoms with Crippen molar-refractivity contribution in [3.63, 3.8) is 0 Å². The van der Waals surface area contributed by atoms with Gasteiger partial charge in [-0.25, -0.2) is 0 Å². The lowest BCUT2D eigenvalue weighted by atomic mass is 9.51. The summed E-state index contributed by atoms with van der Waals surface area (Å²) in [7, 11) is 3.99. The molecule has 1 unspecified atom stereocenters. The van der Waals surface area contributed by atoms with Gasteiger partial charge in [0.15, 0.2) is 11.5 Å². The lowest BCUT2D eigenvalue weighted by molar-refractivity contribution is -0.138. The summed E-state index contributed by atoms with van der Waals surface area (Å²) >= 11 is 0. The molecule has 2 aromatic rings. The Hall–Kier alpha value is -3.00. The zero-order valence-corrected chi connectivity index (χ0v) is 24.6. The van der Waals surface area contributed by atoms with Crippen molar-refractivity contribution < 1.29 is 19.1 Å². The molecule has 8 nitrogen and oxygen atoms in total. The minimum atomic E-state index is -0.136. The maximum absolute atomic E-state index is 14.0. The fourth-order valence-corrected chi connectivity index (χ4v) is 9.55. The Labute approximate surface area is 242 Å². The maximum Gasteiger partial charge on any atom is 0.270 e. The number of benzene rings is 1. The summed E-state index contributed by atoms with van der Waals surface area (Å²) in [6.07, 6.45) is 8.50. The van der Waals surface area contributed by atoms with Crippen LogP contribution >= 0.6 is 0 Å². The van der Waals surface area contributed by atoms with E-state index in [4.69, 9.17) is 9.47 Å². The Balaban J connectivity index is 1.10. The van der Waals surface area contributed by atoms with E-state index >= 15 is 0 Å². The number of nitrogens with zero attached hydrogens (tertiary/aromatic N) is 3. The highest BCUT2D eigenvalue weighted by Crippen LogP contribution is 2.67. The summed E-state index contributed by atoms with van der Waals surface area (Å²) in [6.45, 7) is 5.59. The quantitative estimate of drug-likeness (QED) is 0.616. The highest BCUT2D eigenvalue weighted by atomic mass is 16.5. The number of likely N-dealkylation sites (N-methyl/N-ethyl adjacent to an activating group) is 1. The van der Waals surface area contributed by atoms with E-state index in [9.17, 15) is 9.59 Å². The maximum atomic E-state index is 14.0. The third-order valence-corrected chi connectivity index (χ3v) is 11.7. The first-order valence-electron chi connectivity index (χ1n) is 15.8. The number of aromatic nitrogens is 1. The number of nitrogens with one attached hydrogen (secondary N) is 1. The van der Waals surface area contributed by atoms with Crippen LogP contribution in [-0.2, 0) is 23.1 Å². The lowest BCUT2D eigenvalue weighted by Gasteiger charge is -2.57. The standard InChI is InChI=1S/C33H42N4O4/c1-19-22-18-23-24-17-21-9-10-25(40-3)29-26(21)33(23,11-12-35(24)2)30(41-29)28(22)34-27(19)32(39)37-15-13-36(14-16-37)31(38)20-7-5-4-6-8-20/h9-10,20,23-24,30,34H,4-8,11-18H2,1-3H3/t23?,24-,30+,33+/m1/s1. The Morgan fingerprint density at radius 1 is 1.02 bits per heavy atom. The highest BCUT2D eigenvalue weighted by molar-refractivity contribution is 5.95. The molecule has 8 heteroatoms. The first-order chi connectivity index (χ1) is 19.9. The highest BCUT2D eigenvalue weighted by Gasteiger charge is 2.65. The predicted molar refractivity (Wildman–Crippen MR) is 155 cm³/mol. The molecule has 1 N–H and O–H groups in total. The Kier molecular flexibility index (Phi) is 5.80. The Morgan fingerprint density at radius 3 is 2.54 bits per heavy atom. The van der Waals surface area contributed by atoms with Gasteiger partial charge in [0.2, 0.25) is 5.91 Å². The molecule has 2 amide bonds. The number of hydrogen-bond acceptors (Lipinski definition) is 5. The molecule has 2 saturated heterocycles. The zero-order chi connectivity index (χ0) is 28.0. The number of fused-ring (bicyclic) bond motifs is 2. The van der Waals surface area contributed by atoms with Crippen LogP contribution in [0, 0.1) is 18.8 Å². The second-order valence-electron chi connectivity index (χ2n) is 13.5. The molecule has 0 radical (unpaired) electrons.